The number of hydrogen-bond acceptors (Lipinski definition) is 5. The lowest BCUT2D eigenvalue weighted by molar-refractivity contribution is -0.387. The first kappa shape index (κ1) is 14.7. The number of benzene rings is 2. The van der Waals surface area contributed by atoms with E-state index in [2.05, 4.69) is 0 Å². The third-order valence-electron chi connectivity index (χ3n) is 2.74. The van der Waals surface area contributed by atoms with Gasteiger partial charge in [-0.05, 0) is 25.1 Å². The zero-order valence-corrected chi connectivity index (χ0v) is 11.5. The first-order chi connectivity index (χ1) is 9.91. The molecule has 0 atom stereocenters. The third-order valence-corrected chi connectivity index (χ3v) is 3.04. The van der Waals surface area contributed by atoms with Gasteiger partial charge in [0.25, 0.3) is 0 Å². The number of hydrogen-bond donors (Lipinski definition) is 0. The maximum Gasteiger partial charge on any atom is 0.329 e. The monoisotopic (exact) mass is 308 g/mol. The lowest BCUT2D eigenvalue weighted by Crippen LogP contribution is -1.98. The molecule has 0 amide bonds. The van der Waals surface area contributed by atoms with Gasteiger partial charge in [0.15, 0.2) is 0 Å². The largest absolute Gasteiger partial charge is 0.443 e. The summed E-state index contributed by atoms with van der Waals surface area (Å²) in [6, 6.07) is 8.63. The van der Waals surface area contributed by atoms with E-state index in [9.17, 15) is 20.2 Å². The minimum absolute atomic E-state index is 0.0784. The van der Waals surface area contributed by atoms with Gasteiger partial charge in [0.05, 0.1) is 9.85 Å². The van der Waals surface area contributed by atoms with Gasteiger partial charge >= 0.3 is 11.4 Å². The predicted molar refractivity (Wildman–Crippen MR) is 76.0 cm³/mol. The van der Waals surface area contributed by atoms with Crippen LogP contribution in [0.5, 0.6) is 11.5 Å². The molecule has 0 bridgehead atoms. The van der Waals surface area contributed by atoms with Crippen molar-refractivity contribution < 1.29 is 14.6 Å². The second kappa shape index (κ2) is 5.76. The molecule has 7 nitrogen and oxygen atoms in total. The number of ether oxygens (including phenoxy) is 1. The first-order valence-electron chi connectivity index (χ1n) is 5.76. The first-order valence-corrected chi connectivity index (χ1v) is 6.14. The summed E-state index contributed by atoms with van der Waals surface area (Å²) >= 11 is 5.77. The van der Waals surface area contributed by atoms with Crippen LogP contribution in [0.1, 0.15) is 5.56 Å². The summed E-state index contributed by atoms with van der Waals surface area (Å²) in [7, 11) is 0. The molecule has 0 fully saturated rings. The summed E-state index contributed by atoms with van der Waals surface area (Å²) in [6.45, 7) is 1.55. The molecule has 0 aliphatic heterocycles. The fraction of sp³-hybridized carbons (Fsp3) is 0.0769. The highest BCUT2D eigenvalue weighted by molar-refractivity contribution is 6.32. The number of rotatable bonds is 4. The van der Waals surface area contributed by atoms with E-state index in [0.29, 0.717) is 5.56 Å². The molecule has 0 radical (unpaired) electrons. The fourth-order valence-electron chi connectivity index (χ4n) is 1.82. The molecule has 0 heterocycles. The number of nitro groups is 2. The van der Waals surface area contributed by atoms with Crippen LogP contribution in [0.4, 0.5) is 11.4 Å². The molecule has 2 aromatic rings. The van der Waals surface area contributed by atoms with Crippen molar-refractivity contribution in [2.75, 3.05) is 0 Å². The molecule has 0 spiro atoms. The molecule has 2 rings (SSSR count). The molecule has 8 heteroatoms. The summed E-state index contributed by atoms with van der Waals surface area (Å²) in [6.07, 6.45) is 0. The zero-order valence-electron chi connectivity index (χ0n) is 10.8. The van der Waals surface area contributed by atoms with Crippen molar-refractivity contribution in [1.82, 2.24) is 0 Å². The number of aryl methyl sites for hydroxylation is 1. The van der Waals surface area contributed by atoms with Crippen LogP contribution in [0.2, 0.25) is 5.02 Å². The van der Waals surface area contributed by atoms with Crippen LogP contribution >= 0.6 is 11.6 Å². The average molecular weight is 309 g/mol. The van der Waals surface area contributed by atoms with E-state index in [1.165, 1.54) is 24.3 Å². The Morgan fingerprint density at radius 2 is 1.48 bits per heavy atom. The molecule has 108 valence electrons. The molecule has 21 heavy (non-hydrogen) atoms. The Bertz CT molecular complexity index is 671. The van der Waals surface area contributed by atoms with E-state index < -0.39 is 15.5 Å². The van der Waals surface area contributed by atoms with Gasteiger partial charge in [-0.3, -0.25) is 20.2 Å². The second-order valence-electron chi connectivity index (χ2n) is 4.12. The summed E-state index contributed by atoms with van der Waals surface area (Å²) in [5.74, 6) is -0.230. The highest BCUT2D eigenvalue weighted by atomic mass is 35.5. The van der Waals surface area contributed by atoms with Crippen molar-refractivity contribution in [3.63, 3.8) is 0 Å². The number of halogens is 1. The van der Waals surface area contributed by atoms with Crippen molar-refractivity contribution in [1.29, 1.82) is 0 Å². The Labute approximate surface area is 124 Å². The predicted octanol–water partition coefficient (Wildman–Crippen LogP) is 4.26. The Balaban J connectivity index is 2.54. The van der Waals surface area contributed by atoms with Gasteiger partial charge in [-0.2, -0.15) is 0 Å². The van der Waals surface area contributed by atoms with Crippen molar-refractivity contribution in [2.45, 2.75) is 6.92 Å². The van der Waals surface area contributed by atoms with Crippen LogP contribution in [0.25, 0.3) is 0 Å². The number of nitro benzene ring substituents is 2. The maximum atomic E-state index is 11.1. The summed E-state index contributed by atoms with van der Waals surface area (Å²) in [5, 5.41) is 22.0. The van der Waals surface area contributed by atoms with E-state index in [-0.39, 0.29) is 22.2 Å². The van der Waals surface area contributed by atoms with Crippen molar-refractivity contribution in [2.24, 2.45) is 0 Å². The molecule has 0 saturated heterocycles. The zero-order chi connectivity index (χ0) is 15.6. The van der Waals surface area contributed by atoms with E-state index >= 15 is 0 Å². The number of nitrogens with zero attached hydrogens (tertiary/aromatic N) is 2. The summed E-state index contributed by atoms with van der Waals surface area (Å²) < 4.78 is 5.36. The van der Waals surface area contributed by atoms with E-state index in [4.69, 9.17) is 16.3 Å². The molecule has 0 aromatic heterocycles. The molecule has 0 unspecified atom stereocenters. The minimum Gasteiger partial charge on any atom is -0.443 e. The van der Waals surface area contributed by atoms with Crippen molar-refractivity contribution in [3.05, 3.63) is 67.2 Å². The summed E-state index contributed by atoms with van der Waals surface area (Å²) in [5.41, 5.74) is -0.288. The lowest BCUT2D eigenvalue weighted by Gasteiger charge is -2.08. The Morgan fingerprint density at radius 1 is 0.952 bits per heavy atom. The van der Waals surface area contributed by atoms with E-state index in [1.807, 2.05) is 0 Å². The lowest BCUT2D eigenvalue weighted by atomic mass is 10.2. The molecule has 0 aliphatic rings. The van der Waals surface area contributed by atoms with Crippen LogP contribution in [0, 0.1) is 27.2 Å². The van der Waals surface area contributed by atoms with Crippen LogP contribution < -0.4 is 4.74 Å². The van der Waals surface area contributed by atoms with Gasteiger partial charge in [-0.1, -0.05) is 29.8 Å². The van der Waals surface area contributed by atoms with E-state index in [0.717, 1.165) is 0 Å². The molecule has 0 aliphatic carbocycles. The summed E-state index contributed by atoms with van der Waals surface area (Å²) in [4.78, 5) is 20.8. The minimum atomic E-state index is -0.695. The fourth-order valence-corrected chi connectivity index (χ4v) is 2.06. The molecule has 0 N–H and O–H groups in total. The van der Waals surface area contributed by atoms with Gasteiger partial charge in [-0.25, -0.2) is 0 Å². The van der Waals surface area contributed by atoms with Crippen LogP contribution in [0.3, 0.4) is 0 Å². The van der Waals surface area contributed by atoms with E-state index in [1.54, 1.807) is 19.1 Å². The van der Waals surface area contributed by atoms with Gasteiger partial charge in [-0.15, -0.1) is 0 Å². The topological polar surface area (TPSA) is 95.5 Å². The quantitative estimate of drug-likeness (QED) is 0.621. The molecular formula is C13H9ClN2O5. The highest BCUT2D eigenvalue weighted by Crippen LogP contribution is 2.40. The van der Waals surface area contributed by atoms with Gasteiger partial charge in [0.1, 0.15) is 5.02 Å². The van der Waals surface area contributed by atoms with Crippen molar-refractivity contribution >= 4 is 23.0 Å². The number of para-hydroxylation sites is 2. The Morgan fingerprint density at radius 3 is 2.05 bits per heavy atom. The average Bonchev–Trinajstić information content (AvgIpc) is 2.37. The molecular weight excluding hydrogens is 300 g/mol. The second-order valence-corrected chi connectivity index (χ2v) is 4.53. The van der Waals surface area contributed by atoms with Crippen LogP contribution in [-0.4, -0.2) is 9.85 Å². The SMILES string of the molecule is Cc1cccc(Oc2cccc(Cl)c2[N+](=O)[O-])c1[N+](=O)[O-]. The van der Waals surface area contributed by atoms with Gasteiger partial charge in [0.2, 0.25) is 11.5 Å². The highest BCUT2D eigenvalue weighted by Gasteiger charge is 2.24. The third kappa shape index (κ3) is 2.92. The molecule has 2 aromatic carbocycles. The Kier molecular flexibility index (Phi) is 4.04. The molecule has 0 saturated carbocycles. The standard InChI is InChI=1S/C13H9ClN2O5/c1-8-4-2-6-10(12(8)15(17)18)21-11-7-3-5-9(14)13(11)16(19)20/h2-7H,1H3. The maximum absolute atomic E-state index is 11.1. The van der Waals surface area contributed by atoms with Gasteiger partial charge in [0, 0.05) is 5.56 Å². The van der Waals surface area contributed by atoms with Crippen LogP contribution in [0.15, 0.2) is 36.4 Å². The Hall–Kier alpha value is -2.67. The normalized spacial score (nSPS) is 10.2. The van der Waals surface area contributed by atoms with Gasteiger partial charge < -0.3 is 4.74 Å². The smallest absolute Gasteiger partial charge is 0.329 e. The van der Waals surface area contributed by atoms with Crippen LogP contribution in [-0.2, 0) is 0 Å². The van der Waals surface area contributed by atoms with Crippen molar-refractivity contribution in [3.8, 4) is 11.5 Å².